The van der Waals surface area contributed by atoms with E-state index in [4.69, 9.17) is 28.5 Å². The van der Waals surface area contributed by atoms with Gasteiger partial charge in [0, 0.05) is 87.9 Å². The summed E-state index contributed by atoms with van der Waals surface area (Å²) in [6, 6.07) is 15.3. The van der Waals surface area contributed by atoms with E-state index < -0.39 is 5.97 Å². The standard InChI is InChI=1S/C27H33N5O3S2.C18H27N3OS2.C17H26N4OS2.C11H13BrN2OS2.C10H9NO3.C7H15N/c1-6-22(33)30-19-11-8-18(9-12-19)25(34)32-15-20(10-7-17(32)2)31-26-29-14-24(37-26)36-16-23-28-13-21(35-23)27(3,4)5;1-12-5-7-13(8-6-12)21-17-20-10-16(24-17)23-11-15-19-9-14(22-15)18(2,3)4;1-11-5-6-12(7-18-11)21-16-20-9-15(24-16)23-10-14-19-8-13(22-14)17(2,3)4;1-11(2,3)7-4-13-8(15-7)6-16-9-5-14-10(12)17-9;1-2-9(12)11-8-5-3-7(4-6-8)10(13)14;1-6-2-4-7(8)5-3-6/h6,8-9,11-14,17,20H,1,7,10,15-16H2,2-5H3,(H,29,31)(H,30,33);9-10,12-13H,5-8,11H2,1-4H3,(H,20,21);8-9,11-12,18H,5-7,10H2,1-4H3,(H,20,21);4-5H,6H2,1-3H3;2-6H,1H2,(H,11,12)(H,13,14);6-7H,2-5,8H2,1H3/t17-,20+;;11-,12+;;;/m0.0.../s1. The number of carbonyl (C=O) groups excluding carboxylic acids is 3. The van der Waals surface area contributed by atoms with Gasteiger partial charge in [0.2, 0.25) is 35.4 Å². The molecule has 4 fully saturated rings. The maximum atomic E-state index is 13.2. The SMILES string of the molecule is C=CC(=O)Nc1ccc(C(=O)N2C[C@H](Nc3ncc(SCc4ncc(C(C)(C)C)o4)s3)CC[C@@H]2C)cc1.C=CC(=O)Nc1ccc(C(=O)O)cc1.CC(C)(C)c1cnc(CSc2cnc(Br)s2)o1.CC1CCC(N)CC1.CC1CCC(Nc2ncc(SCc3ncc(C(C)(C)C)o3)s2)CC1.C[C@H]1CC[C@@H](Nc2ncc(SCc3ncc(C(C)(C)C)o3)s2)CN1. The maximum Gasteiger partial charge on any atom is 0.335 e. The van der Waals surface area contributed by atoms with Gasteiger partial charge in [-0.15, -0.1) is 58.4 Å². The Morgan fingerprint density at radius 2 is 0.823 bits per heavy atom. The molecule has 2 saturated heterocycles. The van der Waals surface area contributed by atoms with Crippen molar-refractivity contribution >= 4 is 159 Å². The van der Waals surface area contributed by atoms with E-state index in [0.29, 0.717) is 59.3 Å². The highest BCUT2D eigenvalue weighted by Gasteiger charge is 2.32. The Morgan fingerprint density at radius 3 is 1.16 bits per heavy atom. The number of carbonyl (C=O) groups is 4. The Labute approximate surface area is 772 Å². The molecule has 34 heteroatoms. The fraction of sp³-hybridized carbons (Fsp3) is 0.511. The number of carboxylic acids is 1. The molecule has 0 spiro atoms. The number of hydrogen-bond donors (Lipinski definition) is 8. The Balaban J connectivity index is 0.000000177. The number of carboxylic acid groups (broad SMARTS) is 1. The largest absolute Gasteiger partial charge is 0.478 e. The number of thiazole rings is 4. The molecule has 10 heterocycles. The second-order valence-corrected chi connectivity index (χ2v) is 45.9. The van der Waals surface area contributed by atoms with E-state index in [9.17, 15) is 19.2 Å². The molecular formula is C90H123BrN16O9S8. The molecule has 4 atom stereocenters. The maximum absolute atomic E-state index is 13.2. The number of aromatic carboxylic acids is 1. The third-order valence-electron chi connectivity index (χ3n) is 20.5. The molecule has 0 unspecified atom stereocenters. The number of nitrogens with two attached hydrogens (primary N) is 1. The summed E-state index contributed by atoms with van der Waals surface area (Å²) in [5.74, 6) is 9.81. The molecule has 14 rings (SSSR count). The van der Waals surface area contributed by atoms with Gasteiger partial charge in [-0.1, -0.05) is 144 Å². The van der Waals surface area contributed by atoms with Crippen LogP contribution in [-0.2, 0) is 54.3 Å². The van der Waals surface area contributed by atoms with Crippen molar-refractivity contribution in [3.8, 4) is 0 Å². The van der Waals surface area contributed by atoms with Crippen molar-refractivity contribution in [1.82, 2.24) is 50.1 Å². The van der Waals surface area contributed by atoms with E-state index in [1.165, 1.54) is 103 Å². The minimum atomic E-state index is -0.994. The average Bonchev–Trinajstić information content (AvgIpc) is 1.30. The second kappa shape index (κ2) is 48.0. The summed E-state index contributed by atoms with van der Waals surface area (Å²) in [6.45, 7) is 42.8. The quantitative estimate of drug-likeness (QED) is 0.0206. The van der Waals surface area contributed by atoms with Crippen LogP contribution in [0.4, 0.5) is 26.8 Å². The summed E-state index contributed by atoms with van der Waals surface area (Å²) in [5, 5.41) is 30.9. The minimum absolute atomic E-state index is 0.00300. The van der Waals surface area contributed by atoms with E-state index in [1.54, 1.807) is 117 Å². The van der Waals surface area contributed by atoms with Crippen molar-refractivity contribution in [3.63, 3.8) is 0 Å². The molecule has 0 bridgehead atoms. The van der Waals surface area contributed by atoms with Crippen LogP contribution in [-0.4, -0.2) is 123 Å². The van der Waals surface area contributed by atoms with Crippen LogP contribution < -0.4 is 37.6 Å². The zero-order chi connectivity index (χ0) is 89.9. The van der Waals surface area contributed by atoms with Crippen LogP contribution in [0, 0.1) is 11.8 Å². The van der Waals surface area contributed by atoms with Gasteiger partial charge in [-0.05, 0) is 179 Å². The molecular weight excluding hydrogens is 1790 g/mol. The van der Waals surface area contributed by atoms with Crippen LogP contribution in [0.2, 0.25) is 0 Å². The lowest BCUT2D eigenvalue weighted by Gasteiger charge is -2.38. The van der Waals surface area contributed by atoms with Gasteiger partial charge in [-0.25, -0.2) is 44.7 Å². The molecule has 4 aliphatic rings. The zero-order valence-electron chi connectivity index (χ0n) is 74.1. The number of aromatic nitrogens is 8. The summed E-state index contributed by atoms with van der Waals surface area (Å²) in [4.78, 5) is 83.1. The first-order chi connectivity index (χ1) is 58.8. The van der Waals surface area contributed by atoms with Gasteiger partial charge in [0.15, 0.2) is 19.3 Å². The van der Waals surface area contributed by atoms with Gasteiger partial charge in [0.25, 0.3) is 5.91 Å². The number of halogens is 1. The topological polar surface area (TPSA) is 346 Å². The zero-order valence-corrected chi connectivity index (χ0v) is 82.2. The lowest BCUT2D eigenvalue weighted by atomic mass is 9.87. The number of nitrogens with zero attached hydrogens (tertiary/aromatic N) is 9. The van der Waals surface area contributed by atoms with Crippen molar-refractivity contribution in [2.45, 2.75) is 286 Å². The van der Waals surface area contributed by atoms with Crippen molar-refractivity contribution in [1.29, 1.82) is 0 Å². The number of likely N-dealkylation sites (tertiary alicyclic amines) is 1. The van der Waals surface area contributed by atoms with E-state index in [1.807, 2.05) is 54.5 Å². The highest BCUT2D eigenvalue weighted by Crippen LogP contribution is 2.39. The van der Waals surface area contributed by atoms with Crippen molar-refractivity contribution < 1.29 is 42.0 Å². The molecule has 3 amide bonds. The first kappa shape index (κ1) is 100. The highest BCUT2D eigenvalue weighted by atomic mass is 79.9. The monoisotopic (exact) mass is 1910 g/mol. The lowest BCUT2D eigenvalue weighted by molar-refractivity contribution is -0.112. The second-order valence-electron chi connectivity index (χ2n) is 35.4. The molecule has 10 aromatic rings. The third kappa shape index (κ3) is 34.2. The van der Waals surface area contributed by atoms with Gasteiger partial charge in [-0.2, -0.15) is 0 Å². The summed E-state index contributed by atoms with van der Waals surface area (Å²) < 4.78 is 28.8. The number of amides is 3. The van der Waals surface area contributed by atoms with Crippen molar-refractivity contribution in [2.24, 2.45) is 17.6 Å². The number of thioether (sulfide) groups is 4. The molecule has 2 aliphatic carbocycles. The average molecular weight is 1910 g/mol. The number of oxazole rings is 4. The highest BCUT2D eigenvalue weighted by molar-refractivity contribution is 9.11. The fourth-order valence-corrected chi connectivity index (χ4v) is 20.6. The smallest absolute Gasteiger partial charge is 0.335 e. The van der Waals surface area contributed by atoms with E-state index in [2.05, 4.69) is 212 Å². The van der Waals surface area contributed by atoms with Crippen LogP contribution in [0.15, 0.2) is 162 Å². The summed E-state index contributed by atoms with van der Waals surface area (Å²) in [7, 11) is 0. The van der Waals surface area contributed by atoms with Gasteiger partial charge in [0.1, 0.15) is 23.0 Å². The van der Waals surface area contributed by atoms with E-state index in [-0.39, 0.29) is 57.0 Å². The van der Waals surface area contributed by atoms with Gasteiger partial charge >= 0.3 is 5.97 Å². The predicted molar refractivity (Wildman–Crippen MR) is 515 cm³/mol. The first-order valence-corrected chi connectivity index (χ1v) is 50.0. The van der Waals surface area contributed by atoms with Gasteiger partial charge in [-0.3, -0.25) is 14.4 Å². The number of benzene rings is 2. The van der Waals surface area contributed by atoms with Crippen LogP contribution in [0.25, 0.3) is 0 Å². The predicted octanol–water partition coefficient (Wildman–Crippen LogP) is 23.5. The summed E-state index contributed by atoms with van der Waals surface area (Å²) in [5.41, 5.74) is 7.61. The van der Waals surface area contributed by atoms with E-state index >= 15 is 0 Å². The fourth-order valence-electron chi connectivity index (χ4n) is 12.7. The summed E-state index contributed by atoms with van der Waals surface area (Å²) >= 11 is 16.8. The van der Waals surface area contributed by atoms with Crippen molar-refractivity contribution in [2.75, 3.05) is 39.7 Å². The molecule has 0 radical (unpaired) electrons. The number of anilines is 5. The van der Waals surface area contributed by atoms with Crippen LogP contribution in [0.5, 0.6) is 0 Å². The first-order valence-electron chi connectivity index (χ1n) is 42.0. The number of hydrogen-bond acceptors (Lipinski definition) is 29. The van der Waals surface area contributed by atoms with Crippen LogP contribution >= 0.6 is 108 Å². The molecule has 25 nitrogen and oxygen atoms in total. The molecule has 124 heavy (non-hydrogen) atoms. The Bertz CT molecular complexity index is 4820. The Kier molecular flexibility index (Phi) is 38.7. The van der Waals surface area contributed by atoms with Gasteiger partial charge < -0.3 is 65.3 Å². The van der Waals surface area contributed by atoms with Crippen molar-refractivity contribution in [3.05, 3.63) is 185 Å². The molecule has 2 aliphatic heterocycles. The Hall–Kier alpha value is -7.64. The summed E-state index contributed by atoms with van der Waals surface area (Å²) in [6.07, 6.45) is 31.9. The van der Waals surface area contributed by atoms with E-state index in [0.717, 1.165) is 123 Å². The molecule has 9 N–H and O–H groups in total. The van der Waals surface area contributed by atoms with Gasteiger partial charge in [0.05, 0.1) is 95.0 Å². The third-order valence-corrected chi connectivity index (χ3v) is 29.4. The number of rotatable bonds is 24. The molecule has 8 aromatic heterocycles. The number of piperidine rings is 2. The molecule has 672 valence electrons. The van der Waals surface area contributed by atoms with Crippen LogP contribution in [0.3, 0.4) is 0 Å². The molecule has 2 saturated carbocycles. The molecule has 2 aromatic carbocycles. The number of nitrogens with one attached hydrogen (secondary N) is 6. The normalized spacial score (nSPS) is 19.0. The minimum Gasteiger partial charge on any atom is -0.478 e. The Morgan fingerprint density at radius 1 is 0.476 bits per heavy atom. The van der Waals surface area contributed by atoms with Crippen LogP contribution in [0.1, 0.15) is 255 Å². The lowest BCUT2D eigenvalue weighted by Crippen LogP contribution is -2.49.